The molecule has 0 aliphatic carbocycles. The SMILES string of the molecule is O=P(c1ccccc1)(c1ccccc1)[C@H](NS(=O)(=O)c1ccccc1)c1ccc(Br)cc1. The first-order valence-electron chi connectivity index (χ1n) is 9.95. The molecule has 4 aromatic rings. The van der Waals surface area contributed by atoms with Crippen molar-refractivity contribution >= 4 is 43.7 Å². The average Bonchev–Trinajstić information content (AvgIpc) is 2.84. The van der Waals surface area contributed by atoms with Crippen LogP contribution >= 0.6 is 23.1 Å². The minimum atomic E-state index is -3.95. The van der Waals surface area contributed by atoms with Gasteiger partial charge in [-0.05, 0) is 29.8 Å². The number of benzene rings is 4. The quantitative estimate of drug-likeness (QED) is 0.327. The van der Waals surface area contributed by atoms with Crippen molar-refractivity contribution in [2.45, 2.75) is 10.7 Å². The molecule has 0 aliphatic heterocycles. The highest BCUT2D eigenvalue weighted by molar-refractivity contribution is 9.10. The van der Waals surface area contributed by atoms with Crippen molar-refractivity contribution in [2.24, 2.45) is 0 Å². The zero-order valence-corrected chi connectivity index (χ0v) is 20.3. The first kappa shape index (κ1) is 22.7. The molecule has 0 aliphatic rings. The Balaban J connectivity index is 1.94. The third kappa shape index (κ3) is 4.64. The molecule has 0 aromatic heterocycles. The van der Waals surface area contributed by atoms with Gasteiger partial charge in [-0.25, -0.2) is 8.42 Å². The molecule has 32 heavy (non-hydrogen) atoms. The van der Waals surface area contributed by atoms with Crippen molar-refractivity contribution in [3.8, 4) is 0 Å². The van der Waals surface area contributed by atoms with Crippen molar-refractivity contribution < 1.29 is 13.0 Å². The van der Waals surface area contributed by atoms with Crippen LogP contribution in [0.15, 0.2) is 125 Å². The van der Waals surface area contributed by atoms with E-state index in [1.54, 1.807) is 54.6 Å². The molecule has 0 bridgehead atoms. The monoisotopic (exact) mass is 525 g/mol. The van der Waals surface area contributed by atoms with Crippen LogP contribution in [-0.4, -0.2) is 8.42 Å². The molecule has 0 radical (unpaired) electrons. The molecule has 0 spiro atoms. The van der Waals surface area contributed by atoms with Crippen LogP contribution in [0.5, 0.6) is 0 Å². The molecule has 162 valence electrons. The standard InChI is InChI=1S/C25H21BrNO3PS/c26-21-18-16-20(17-19-21)25(27-32(29,30)24-14-8-3-9-15-24)31(28,22-10-4-1-5-11-22)23-12-6-2-7-13-23/h1-19,25,27H/t25-/m0/s1. The molecule has 0 saturated heterocycles. The number of rotatable bonds is 7. The number of sulfonamides is 1. The molecule has 1 N–H and O–H groups in total. The van der Waals surface area contributed by atoms with Gasteiger partial charge in [0, 0.05) is 15.1 Å². The lowest BCUT2D eigenvalue weighted by atomic mass is 10.2. The maximum Gasteiger partial charge on any atom is 0.241 e. The second-order valence-corrected chi connectivity index (χ2v) is 12.7. The van der Waals surface area contributed by atoms with Crippen molar-refractivity contribution in [2.75, 3.05) is 0 Å². The van der Waals surface area contributed by atoms with Crippen LogP contribution in [0.2, 0.25) is 0 Å². The summed E-state index contributed by atoms with van der Waals surface area (Å²) in [5.41, 5.74) is 0.615. The maximum absolute atomic E-state index is 15.0. The van der Waals surface area contributed by atoms with E-state index in [-0.39, 0.29) is 4.90 Å². The summed E-state index contributed by atoms with van der Waals surface area (Å²) in [6.07, 6.45) is 0. The Kier molecular flexibility index (Phi) is 6.77. The smallest absolute Gasteiger partial charge is 0.241 e. The lowest BCUT2D eigenvalue weighted by Crippen LogP contribution is -2.34. The zero-order valence-electron chi connectivity index (χ0n) is 17.0. The van der Waals surface area contributed by atoms with E-state index in [0.717, 1.165) is 4.47 Å². The van der Waals surface area contributed by atoms with Crippen LogP contribution in [0.3, 0.4) is 0 Å². The van der Waals surface area contributed by atoms with Crippen molar-refractivity contribution in [1.82, 2.24) is 4.72 Å². The summed E-state index contributed by atoms with van der Waals surface area (Å²) in [4.78, 5) is 0.120. The van der Waals surface area contributed by atoms with Crippen LogP contribution in [0, 0.1) is 0 Å². The van der Waals surface area contributed by atoms with E-state index in [2.05, 4.69) is 20.7 Å². The molecule has 0 saturated carbocycles. The normalized spacial score (nSPS) is 12.9. The molecule has 7 heteroatoms. The maximum atomic E-state index is 15.0. The van der Waals surface area contributed by atoms with Crippen LogP contribution in [-0.2, 0) is 14.6 Å². The Morgan fingerprint density at radius 1 is 0.656 bits per heavy atom. The van der Waals surface area contributed by atoms with Crippen LogP contribution in [0.1, 0.15) is 11.3 Å². The number of hydrogen-bond donors (Lipinski definition) is 1. The Morgan fingerprint density at radius 2 is 1.09 bits per heavy atom. The van der Waals surface area contributed by atoms with Gasteiger partial charge in [0.1, 0.15) is 5.78 Å². The number of halogens is 1. The first-order chi connectivity index (χ1) is 15.4. The fourth-order valence-corrected chi connectivity index (χ4v) is 8.63. The Morgan fingerprint density at radius 3 is 1.56 bits per heavy atom. The summed E-state index contributed by atoms with van der Waals surface area (Å²) in [5, 5.41) is 1.16. The molecular formula is C25H21BrNO3PS. The first-order valence-corrected chi connectivity index (χ1v) is 14.0. The minimum absolute atomic E-state index is 0.120. The van der Waals surface area contributed by atoms with Crippen LogP contribution in [0.4, 0.5) is 0 Å². The average molecular weight is 526 g/mol. The fourth-order valence-electron chi connectivity index (χ4n) is 3.56. The number of hydrogen-bond acceptors (Lipinski definition) is 3. The summed E-state index contributed by atoms with van der Waals surface area (Å²) < 4.78 is 45.3. The van der Waals surface area contributed by atoms with E-state index in [1.807, 2.05) is 48.5 Å². The molecule has 4 aromatic carbocycles. The van der Waals surface area contributed by atoms with Crippen molar-refractivity contribution in [3.05, 3.63) is 125 Å². The summed E-state index contributed by atoms with van der Waals surface area (Å²) in [6.45, 7) is 0. The lowest BCUT2D eigenvalue weighted by molar-refractivity contribution is 0.560. The van der Waals surface area contributed by atoms with Gasteiger partial charge in [0.05, 0.1) is 4.90 Å². The van der Waals surface area contributed by atoms with Crippen LogP contribution in [0.25, 0.3) is 0 Å². The molecule has 1 atom stereocenters. The van der Waals surface area contributed by atoms with E-state index in [1.165, 1.54) is 12.1 Å². The fraction of sp³-hybridized carbons (Fsp3) is 0.0400. The van der Waals surface area contributed by atoms with Gasteiger partial charge in [0.25, 0.3) is 0 Å². The molecule has 4 nitrogen and oxygen atoms in total. The van der Waals surface area contributed by atoms with E-state index in [9.17, 15) is 13.0 Å². The Bertz CT molecular complexity index is 1290. The van der Waals surface area contributed by atoms with E-state index < -0.39 is 22.9 Å². The highest BCUT2D eigenvalue weighted by Gasteiger charge is 2.40. The Labute approximate surface area is 196 Å². The van der Waals surface area contributed by atoms with Gasteiger partial charge in [-0.15, -0.1) is 0 Å². The minimum Gasteiger partial charge on any atom is -0.312 e. The topological polar surface area (TPSA) is 63.2 Å². The molecule has 0 fully saturated rings. The summed E-state index contributed by atoms with van der Waals surface area (Å²) >= 11 is 3.43. The van der Waals surface area contributed by atoms with Crippen molar-refractivity contribution in [1.29, 1.82) is 0 Å². The predicted octanol–water partition coefficient (Wildman–Crippen LogP) is 5.44. The van der Waals surface area contributed by atoms with Gasteiger partial charge in [0.15, 0.2) is 7.14 Å². The molecular weight excluding hydrogens is 505 g/mol. The van der Waals surface area contributed by atoms with Gasteiger partial charge < -0.3 is 4.57 Å². The van der Waals surface area contributed by atoms with Crippen molar-refractivity contribution in [3.63, 3.8) is 0 Å². The Hall–Kier alpha value is -2.50. The largest absolute Gasteiger partial charge is 0.312 e. The third-order valence-corrected chi connectivity index (χ3v) is 10.6. The molecule has 0 amide bonds. The van der Waals surface area contributed by atoms with Gasteiger partial charge in [0.2, 0.25) is 10.0 Å². The second kappa shape index (κ2) is 9.55. The zero-order chi connectivity index (χ0) is 22.6. The van der Waals surface area contributed by atoms with Gasteiger partial charge in [-0.3, -0.25) is 0 Å². The lowest BCUT2D eigenvalue weighted by Gasteiger charge is -2.30. The summed E-state index contributed by atoms with van der Waals surface area (Å²) in [7, 11) is -7.44. The highest BCUT2D eigenvalue weighted by Crippen LogP contribution is 2.56. The van der Waals surface area contributed by atoms with E-state index in [4.69, 9.17) is 0 Å². The number of nitrogens with one attached hydrogen (secondary N) is 1. The van der Waals surface area contributed by atoms with Crippen LogP contribution < -0.4 is 15.3 Å². The van der Waals surface area contributed by atoms with Gasteiger partial charge >= 0.3 is 0 Å². The summed E-state index contributed by atoms with van der Waals surface area (Å²) in [5.74, 6) is -0.995. The molecule has 0 heterocycles. The van der Waals surface area contributed by atoms with Gasteiger partial charge in [-0.2, -0.15) is 4.72 Å². The van der Waals surface area contributed by atoms with Gasteiger partial charge in [-0.1, -0.05) is 107 Å². The highest BCUT2D eigenvalue weighted by atomic mass is 79.9. The second-order valence-electron chi connectivity index (χ2n) is 7.22. The predicted molar refractivity (Wildman–Crippen MR) is 133 cm³/mol. The molecule has 0 unspecified atom stereocenters. The molecule has 4 rings (SSSR count). The summed E-state index contributed by atoms with van der Waals surface area (Å²) in [6, 6.07) is 33.5. The van der Waals surface area contributed by atoms with E-state index >= 15 is 0 Å². The third-order valence-electron chi connectivity index (χ3n) is 5.15. The van der Waals surface area contributed by atoms with E-state index in [0.29, 0.717) is 16.2 Å².